The lowest BCUT2D eigenvalue weighted by Gasteiger charge is -2.20. The first-order chi connectivity index (χ1) is 13.5. The van der Waals surface area contributed by atoms with Crippen molar-refractivity contribution in [2.75, 3.05) is 11.9 Å². The second-order valence-corrected chi connectivity index (χ2v) is 9.26. The van der Waals surface area contributed by atoms with Gasteiger partial charge in [0.15, 0.2) is 0 Å². The smallest absolute Gasteiger partial charge is 0.250 e. The van der Waals surface area contributed by atoms with Crippen molar-refractivity contribution in [2.24, 2.45) is 0 Å². The fraction of sp³-hybridized carbons (Fsp3) is 0.294. The van der Waals surface area contributed by atoms with Crippen LogP contribution in [0.15, 0.2) is 44.7 Å². The molecule has 4 rings (SSSR count). The Labute approximate surface area is 165 Å². The Kier molecular flexibility index (Phi) is 5.20. The highest BCUT2D eigenvalue weighted by Crippen LogP contribution is 2.36. The number of pyridine rings is 1. The molecule has 0 aliphatic heterocycles. The quantitative estimate of drug-likeness (QED) is 0.602. The van der Waals surface area contributed by atoms with Crippen molar-refractivity contribution in [3.8, 4) is 11.4 Å². The van der Waals surface area contributed by atoms with Gasteiger partial charge >= 0.3 is 0 Å². The lowest BCUT2D eigenvalue weighted by atomic mass is 9.85. The zero-order valence-electron chi connectivity index (χ0n) is 14.7. The van der Waals surface area contributed by atoms with Gasteiger partial charge in [0.2, 0.25) is 17.6 Å². The third-order valence-electron chi connectivity index (χ3n) is 4.36. The molecule has 0 saturated heterocycles. The van der Waals surface area contributed by atoms with E-state index in [9.17, 15) is 13.2 Å². The Morgan fingerprint density at radius 3 is 2.93 bits per heavy atom. The highest BCUT2D eigenvalue weighted by Gasteiger charge is 2.26. The molecule has 0 radical (unpaired) electrons. The van der Waals surface area contributed by atoms with Crippen molar-refractivity contribution in [1.82, 2.24) is 19.8 Å². The molecule has 3 aromatic rings. The minimum Gasteiger partial charge on any atom is -0.339 e. The molecule has 1 aliphatic carbocycles. The topological polar surface area (TPSA) is 127 Å². The largest absolute Gasteiger partial charge is 0.339 e. The first kappa shape index (κ1) is 18.7. The summed E-state index contributed by atoms with van der Waals surface area (Å²) in [5.74, 6) is 0.788. The molecule has 146 valence electrons. The predicted molar refractivity (Wildman–Crippen MR) is 102 cm³/mol. The summed E-state index contributed by atoms with van der Waals surface area (Å²) < 4.78 is 32.5. The molecule has 0 unspecified atom stereocenters. The average Bonchev–Trinajstić information content (AvgIpc) is 3.29. The van der Waals surface area contributed by atoms with Crippen molar-refractivity contribution in [3.63, 3.8) is 0 Å². The van der Waals surface area contributed by atoms with Gasteiger partial charge in [-0.3, -0.25) is 9.78 Å². The maximum atomic E-state index is 12.4. The van der Waals surface area contributed by atoms with Crippen LogP contribution in [-0.4, -0.2) is 36.0 Å². The van der Waals surface area contributed by atoms with Gasteiger partial charge in [-0.2, -0.15) is 4.98 Å². The molecular weight excluding hydrogens is 402 g/mol. The molecule has 0 atom stereocenters. The molecule has 3 heterocycles. The molecule has 0 aromatic carbocycles. The van der Waals surface area contributed by atoms with E-state index in [0.717, 1.165) is 30.6 Å². The van der Waals surface area contributed by atoms with Crippen LogP contribution in [0.25, 0.3) is 11.4 Å². The summed E-state index contributed by atoms with van der Waals surface area (Å²) in [5.41, 5.74) is 1.06. The predicted octanol–water partition coefficient (Wildman–Crippen LogP) is 2.38. The fourth-order valence-electron chi connectivity index (χ4n) is 2.62. The third kappa shape index (κ3) is 4.11. The van der Waals surface area contributed by atoms with Gasteiger partial charge in [0.1, 0.15) is 4.21 Å². The van der Waals surface area contributed by atoms with E-state index in [1.807, 2.05) is 0 Å². The number of amides is 1. The van der Waals surface area contributed by atoms with E-state index in [1.165, 1.54) is 12.3 Å². The Bertz CT molecular complexity index is 1070. The Morgan fingerprint density at radius 2 is 2.21 bits per heavy atom. The number of hydrogen-bond donors (Lipinski definition) is 2. The summed E-state index contributed by atoms with van der Waals surface area (Å²) in [6.45, 7) is -0.390. The highest BCUT2D eigenvalue weighted by molar-refractivity contribution is 7.91. The van der Waals surface area contributed by atoms with Crippen LogP contribution in [0.3, 0.4) is 0 Å². The maximum Gasteiger partial charge on any atom is 0.250 e. The monoisotopic (exact) mass is 419 g/mol. The molecule has 9 nitrogen and oxygen atoms in total. The van der Waals surface area contributed by atoms with E-state index < -0.39 is 22.5 Å². The van der Waals surface area contributed by atoms with E-state index in [4.69, 9.17) is 4.52 Å². The van der Waals surface area contributed by atoms with Gasteiger partial charge in [-0.05, 0) is 31.0 Å². The minimum atomic E-state index is -3.83. The highest BCUT2D eigenvalue weighted by atomic mass is 32.2. The number of carbonyl (C=O) groups is 1. The average molecular weight is 419 g/mol. The summed E-state index contributed by atoms with van der Waals surface area (Å²) in [5, 5.41) is 8.16. The van der Waals surface area contributed by atoms with Crippen molar-refractivity contribution in [2.45, 2.75) is 29.4 Å². The zero-order chi connectivity index (χ0) is 19.6. The molecule has 1 fully saturated rings. The fourth-order valence-corrected chi connectivity index (χ4v) is 4.81. The number of aromatic nitrogens is 3. The first-order valence-corrected chi connectivity index (χ1v) is 11.0. The van der Waals surface area contributed by atoms with Crippen molar-refractivity contribution in [1.29, 1.82) is 0 Å². The van der Waals surface area contributed by atoms with Gasteiger partial charge < -0.3 is 9.84 Å². The Morgan fingerprint density at radius 1 is 1.36 bits per heavy atom. The van der Waals surface area contributed by atoms with Crippen LogP contribution in [0.4, 0.5) is 5.69 Å². The second kappa shape index (κ2) is 7.78. The van der Waals surface area contributed by atoms with Gasteiger partial charge in [-0.1, -0.05) is 11.6 Å². The van der Waals surface area contributed by atoms with Crippen LogP contribution in [-0.2, 0) is 14.8 Å². The third-order valence-corrected chi connectivity index (χ3v) is 7.20. The van der Waals surface area contributed by atoms with E-state index in [1.54, 1.807) is 23.7 Å². The second-order valence-electron chi connectivity index (χ2n) is 6.35. The number of sulfonamides is 1. The number of thiophene rings is 1. The van der Waals surface area contributed by atoms with Crippen LogP contribution >= 0.6 is 11.3 Å². The molecule has 0 bridgehead atoms. The standard InChI is InChI=1S/C17H17N5O4S2/c23-14(20-13-5-2-6-18-8-13)9-19-28(24,25)15-7-12(10-27-15)16-21-17(26-22-16)11-3-1-4-11/h2,5-8,10-11,19H,1,3-4,9H2,(H,20,23). The molecule has 3 aromatic heterocycles. The maximum absolute atomic E-state index is 12.4. The molecule has 1 saturated carbocycles. The molecule has 2 N–H and O–H groups in total. The van der Waals surface area contributed by atoms with Crippen molar-refractivity contribution >= 4 is 33.0 Å². The number of rotatable bonds is 7. The van der Waals surface area contributed by atoms with Gasteiger partial charge in [-0.15, -0.1) is 11.3 Å². The van der Waals surface area contributed by atoms with E-state index >= 15 is 0 Å². The molecule has 1 aliphatic rings. The van der Waals surface area contributed by atoms with Crippen LogP contribution in [0.2, 0.25) is 0 Å². The van der Waals surface area contributed by atoms with E-state index in [-0.39, 0.29) is 4.21 Å². The summed E-state index contributed by atoms with van der Waals surface area (Å²) in [6.07, 6.45) is 6.28. The van der Waals surface area contributed by atoms with Crippen molar-refractivity contribution < 1.29 is 17.7 Å². The van der Waals surface area contributed by atoms with Gasteiger partial charge in [0, 0.05) is 23.1 Å². The SMILES string of the molecule is O=C(CNS(=O)(=O)c1cc(-c2noc(C3CCC3)n2)cs1)Nc1cccnc1. The Hall–Kier alpha value is -2.63. The van der Waals surface area contributed by atoms with Gasteiger partial charge in [0.25, 0.3) is 10.0 Å². The number of anilines is 1. The van der Waals surface area contributed by atoms with E-state index in [2.05, 4.69) is 25.2 Å². The number of nitrogens with zero attached hydrogens (tertiary/aromatic N) is 3. The van der Waals surface area contributed by atoms with Crippen molar-refractivity contribution in [3.05, 3.63) is 41.9 Å². The summed E-state index contributed by atoms with van der Waals surface area (Å²) >= 11 is 1.03. The van der Waals surface area contributed by atoms with Crippen LogP contribution < -0.4 is 10.0 Å². The van der Waals surface area contributed by atoms with Crippen LogP contribution in [0.1, 0.15) is 31.1 Å². The van der Waals surface area contributed by atoms with Crippen LogP contribution in [0, 0.1) is 0 Å². The van der Waals surface area contributed by atoms with Crippen LogP contribution in [0.5, 0.6) is 0 Å². The summed E-state index contributed by atoms with van der Waals surface area (Å²) in [7, 11) is -3.83. The molecular formula is C17H17N5O4S2. The normalized spacial score (nSPS) is 14.6. The van der Waals surface area contributed by atoms with E-state index in [0.29, 0.717) is 28.9 Å². The minimum absolute atomic E-state index is 0.0756. The zero-order valence-corrected chi connectivity index (χ0v) is 16.3. The number of hydrogen-bond acceptors (Lipinski definition) is 8. The lowest BCUT2D eigenvalue weighted by Crippen LogP contribution is -2.32. The summed E-state index contributed by atoms with van der Waals surface area (Å²) in [6, 6.07) is 4.80. The Balaban J connectivity index is 1.39. The molecule has 28 heavy (non-hydrogen) atoms. The van der Waals surface area contributed by atoms with Gasteiger partial charge in [0.05, 0.1) is 18.4 Å². The molecule has 0 spiro atoms. The molecule has 1 amide bonds. The number of carbonyl (C=O) groups excluding carboxylic acids is 1. The number of nitrogens with one attached hydrogen (secondary N) is 2. The lowest BCUT2D eigenvalue weighted by molar-refractivity contribution is -0.115. The molecule has 11 heteroatoms. The first-order valence-electron chi connectivity index (χ1n) is 8.63. The summed E-state index contributed by atoms with van der Waals surface area (Å²) in [4.78, 5) is 20.2. The van der Waals surface area contributed by atoms with Gasteiger partial charge in [-0.25, -0.2) is 13.1 Å².